The Labute approximate surface area is 254 Å². The molecule has 1 fully saturated rings. The molecule has 0 radical (unpaired) electrons. The summed E-state index contributed by atoms with van der Waals surface area (Å²) < 4.78 is 27.3. The molecule has 42 heavy (non-hydrogen) atoms. The number of rotatable bonds is 11. The van der Waals surface area contributed by atoms with Crippen LogP contribution in [0.1, 0.15) is 54.4 Å². The molecule has 3 aromatic carbocycles. The third-order valence-electron chi connectivity index (χ3n) is 7.99. The predicted molar refractivity (Wildman–Crippen MR) is 169 cm³/mol. The minimum atomic E-state index is -3.83. The Morgan fingerprint density at radius 3 is 2.26 bits per heavy atom. The van der Waals surface area contributed by atoms with E-state index in [9.17, 15) is 18.0 Å². The second-order valence-electron chi connectivity index (χ2n) is 11.2. The molecular weight excluding hydrogens is 570 g/mol. The van der Waals surface area contributed by atoms with Gasteiger partial charge in [-0.05, 0) is 67.1 Å². The maximum absolute atomic E-state index is 14.3. The molecular formula is C33H40ClN3O4S. The van der Waals surface area contributed by atoms with Crippen molar-refractivity contribution in [1.82, 2.24) is 10.2 Å². The van der Waals surface area contributed by atoms with E-state index in [0.29, 0.717) is 10.7 Å². The lowest BCUT2D eigenvalue weighted by molar-refractivity contribution is -0.140. The Morgan fingerprint density at radius 2 is 1.60 bits per heavy atom. The van der Waals surface area contributed by atoms with Gasteiger partial charge in [-0.2, -0.15) is 0 Å². The van der Waals surface area contributed by atoms with Gasteiger partial charge < -0.3 is 10.2 Å². The fourth-order valence-corrected chi connectivity index (χ4v) is 6.64. The SMILES string of the molecule is Cc1cccc(N(CC(=O)N(Cc2cccc(Cl)c2)C(Cc2ccccc2)C(=O)NC2CCCCC2)S(C)(=O)=O)c1C. The molecule has 1 aliphatic rings. The minimum Gasteiger partial charge on any atom is -0.352 e. The van der Waals surface area contributed by atoms with Gasteiger partial charge in [0, 0.05) is 24.0 Å². The van der Waals surface area contributed by atoms with E-state index < -0.39 is 28.5 Å². The third-order valence-corrected chi connectivity index (χ3v) is 9.35. The first-order valence-corrected chi connectivity index (χ1v) is 16.7. The fourth-order valence-electron chi connectivity index (χ4n) is 5.53. The van der Waals surface area contributed by atoms with Crippen LogP contribution in [0.5, 0.6) is 0 Å². The van der Waals surface area contributed by atoms with Gasteiger partial charge in [0.25, 0.3) is 0 Å². The Morgan fingerprint density at radius 1 is 0.929 bits per heavy atom. The average Bonchev–Trinajstić information content (AvgIpc) is 2.95. The van der Waals surface area contributed by atoms with Gasteiger partial charge in [-0.3, -0.25) is 13.9 Å². The van der Waals surface area contributed by atoms with Crippen molar-refractivity contribution in [3.63, 3.8) is 0 Å². The number of nitrogens with zero attached hydrogens (tertiary/aromatic N) is 2. The molecule has 0 bridgehead atoms. The van der Waals surface area contributed by atoms with Crippen LogP contribution in [0, 0.1) is 13.8 Å². The molecule has 1 N–H and O–H groups in total. The van der Waals surface area contributed by atoms with E-state index in [4.69, 9.17) is 11.6 Å². The molecule has 2 amide bonds. The highest BCUT2D eigenvalue weighted by atomic mass is 35.5. The molecule has 0 aromatic heterocycles. The van der Waals surface area contributed by atoms with Crippen molar-refractivity contribution < 1.29 is 18.0 Å². The normalized spacial score (nSPS) is 14.7. The van der Waals surface area contributed by atoms with E-state index in [2.05, 4.69) is 5.32 Å². The Bertz CT molecular complexity index is 1490. The summed E-state index contributed by atoms with van der Waals surface area (Å²) in [6.45, 7) is 3.40. The summed E-state index contributed by atoms with van der Waals surface area (Å²) in [5.41, 5.74) is 3.78. The van der Waals surface area contributed by atoms with Crippen LogP contribution in [0.25, 0.3) is 0 Å². The van der Waals surface area contributed by atoms with Crippen molar-refractivity contribution in [2.24, 2.45) is 0 Å². The lowest BCUT2D eigenvalue weighted by atomic mass is 9.94. The first-order chi connectivity index (χ1) is 20.0. The second-order valence-corrected chi connectivity index (χ2v) is 13.5. The smallest absolute Gasteiger partial charge is 0.244 e. The molecule has 7 nitrogen and oxygen atoms in total. The van der Waals surface area contributed by atoms with Crippen molar-refractivity contribution >= 4 is 39.1 Å². The summed E-state index contributed by atoms with van der Waals surface area (Å²) in [7, 11) is -3.83. The van der Waals surface area contributed by atoms with E-state index in [1.807, 2.05) is 56.3 Å². The lowest BCUT2D eigenvalue weighted by Crippen LogP contribution is -2.55. The molecule has 1 saturated carbocycles. The number of carbonyl (C=O) groups is 2. The second kappa shape index (κ2) is 14.2. The summed E-state index contributed by atoms with van der Waals surface area (Å²) in [4.78, 5) is 29.8. The maximum atomic E-state index is 14.3. The van der Waals surface area contributed by atoms with Gasteiger partial charge in [-0.15, -0.1) is 0 Å². The van der Waals surface area contributed by atoms with Crippen LogP contribution in [0.4, 0.5) is 5.69 Å². The lowest BCUT2D eigenvalue weighted by Gasteiger charge is -2.35. The van der Waals surface area contributed by atoms with Gasteiger partial charge in [0.1, 0.15) is 12.6 Å². The van der Waals surface area contributed by atoms with E-state index in [1.165, 1.54) is 4.90 Å². The first-order valence-electron chi connectivity index (χ1n) is 14.4. The van der Waals surface area contributed by atoms with Crippen molar-refractivity contribution in [2.45, 2.75) is 71.0 Å². The zero-order valence-electron chi connectivity index (χ0n) is 24.6. The van der Waals surface area contributed by atoms with E-state index >= 15 is 0 Å². The number of halogens is 1. The summed E-state index contributed by atoms with van der Waals surface area (Å²) in [5, 5.41) is 3.73. The third kappa shape index (κ3) is 8.35. The zero-order chi connectivity index (χ0) is 30.3. The van der Waals surface area contributed by atoms with Crippen LogP contribution in [-0.2, 0) is 32.6 Å². The Hall–Kier alpha value is -3.36. The van der Waals surface area contributed by atoms with Crippen LogP contribution >= 0.6 is 11.6 Å². The van der Waals surface area contributed by atoms with Gasteiger partial charge in [-0.1, -0.05) is 85.5 Å². The number of nitrogens with one attached hydrogen (secondary N) is 1. The summed E-state index contributed by atoms with van der Waals surface area (Å²) in [6, 6.07) is 21.3. The number of benzene rings is 3. The number of amides is 2. The molecule has 0 aliphatic heterocycles. The summed E-state index contributed by atoms with van der Waals surface area (Å²) >= 11 is 6.29. The largest absolute Gasteiger partial charge is 0.352 e. The van der Waals surface area contributed by atoms with Crippen LogP contribution in [-0.4, -0.2) is 50.0 Å². The first kappa shape index (κ1) is 31.6. The zero-order valence-corrected chi connectivity index (χ0v) is 26.1. The quantitative estimate of drug-likeness (QED) is 0.297. The molecule has 1 aliphatic carbocycles. The van der Waals surface area contributed by atoms with E-state index in [-0.39, 0.29) is 24.9 Å². The number of anilines is 1. The summed E-state index contributed by atoms with van der Waals surface area (Å²) in [5.74, 6) is -0.709. The monoisotopic (exact) mass is 609 g/mol. The van der Waals surface area contributed by atoms with Crippen LogP contribution in [0.2, 0.25) is 5.02 Å². The molecule has 0 spiro atoms. The molecule has 224 valence electrons. The molecule has 4 rings (SSSR count). The summed E-state index contributed by atoms with van der Waals surface area (Å²) in [6.07, 6.45) is 6.45. The average molecular weight is 610 g/mol. The predicted octanol–water partition coefficient (Wildman–Crippen LogP) is 5.81. The number of hydrogen-bond acceptors (Lipinski definition) is 4. The van der Waals surface area contributed by atoms with Crippen molar-refractivity contribution in [2.75, 3.05) is 17.1 Å². The van der Waals surface area contributed by atoms with Crippen molar-refractivity contribution in [1.29, 1.82) is 0 Å². The molecule has 0 saturated heterocycles. The highest BCUT2D eigenvalue weighted by Crippen LogP contribution is 2.26. The van der Waals surface area contributed by atoms with Gasteiger partial charge in [-0.25, -0.2) is 8.42 Å². The van der Waals surface area contributed by atoms with E-state index in [1.54, 1.807) is 30.3 Å². The Kier molecular flexibility index (Phi) is 10.7. The molecule has 3 aromatic rings. The molecule has 1 atom stereocenters. The number of carbonyl (C=O) groups excluding carboxylic acids is 2. The highest BCUT2D eigenvalue weighted by Gasteiger charge is 2.34. The molecule has 9 heteroatoms. The van der Waals surface area contributed by atoms with E-state index in [0.717, 1.165) is 64.9 Å². The molecule has 0 heterocycles. The van der Waals surface area contributed by atoms with Gasteiger partial charge >= 0.3 is 0 Å². The Balaban J connectivity index is 1.74. The van der Waals surface area contributed by atoms with Gasteiger partial charge in [0.2, 0.25) is 21.8 Å². The molecule has 1 unspecified atom stereocenters. The highest BCUT2D eigenvalue weighted by molar-refractivity contribution is 7.92. The standard InChI is InChI=1S/C33H40ClN3O4S/c1-24-12-10-19-30(25(24)2)37(42(3,40)41)23-32(38)36(22-27-15-11-16-28(34)20-27)31(21-26-13-6-4-7-14-26)33(39)35-29-17-8-5-9-18-29/h4,6-7,10-16,19-20,29,31H,5,8-9,17-18,21-23H2,1-3H3,(H,35,39). The number of hydrogen-bond donors (Lipinski definition) is 1. The maximum Gasteiger partial charge on any atom is 0.244 e. The minimum absolute atomic E-state index is 0.0510. The van der Waals surface area contributed by atoms with Crippen molar-refractivity contribution in [3.05, 3.63) is 100 Å². The van der Waals surface area contributed by atoms with Crippen LogP contribution in [0.3, 0.4) is 0 Å². The topological polar surface area (TPSA) is 86.8 Å². The van der Waals surface area contributed by atoms with Crippen LogP contribution < -0.4 is 9.62 Å². The van der Waals surface area contributed by atoms with Crippen molar-refractivity contribution in [3.8, 4) is 0 Å². The van der Waals surface area contributed by atoms with Gasteiger partial charge in [0.05, 0.1) is 11.9 Å². The fraction of sp³-hybridized carbons (Fsp3) is 0.394. The van der Waals surface area contributed by atoms with Gasteiger partial charge in [0.15, 0.2) is 0 Å². The number of sulfonamides is 1. The van der Waals surface area contributed by atoms with Crippen LogP contribution in [0.15, 0.2) is 72.8 Å². The number of aryl methyl sites for hydroxylation is 1.